The Morgan fingerprint density at radius 1 is 0.500 bits per heavy atom. The molecule has 10 heterocycles. The van der Waals surface area contributed by atoms with Gasteiger partial charge in [-0.2, -0.15) is 0 Å². The predicted octanol–water partition coefficient (Wildman–Crippen LogP) is 10.0. The highest BCUT2D eigenvalue weighted by atomic mass is 16.7. The van der Waals surface area contributed by atoms with Crippen LogP contribution in [0.15, 0.2) is 0 Å². The predicted molar refractivity (Wildman–Crippen MR) is 370 cm³/mol. The molecule has 10 aliphatic rings. The van der Waals surface area contributed by atoms with Crippen molar-refractivity contribution in [1.29, 1.82) is 0 Å². The molecule has 6 N–H and O–H groups in total. The third-order valence-corrected chi connectivity index (χ3v) is 27.6. The van der Waals surface area contributed by atoms with E-state index in [1.807, 2.05) is 55.4 Å². The number of aliphatic hydroxyl groups excluding tert-OH is 4. The summed E-state index contributed by atoms with van der Waals surface area (Å²) < 4.78 is 93.1. The highest BCUT2D eigenvalue weighted by Crippen LogP contribution is 2.58. The van der Waals surface area contributed by atoms with E-state index in [-0.39, 0.29) is 133 Å². The van der Waals surface area contributed by atoms with Gasteiger partial charge < -0.3 is 97.0 Å². The Morgan fingerprint density at radius 3 is 1.21 bits per heavy atom. The van der Waals surface area contributed by atoms with Crippen molar-refractivity contribution in [2.45, 2.75) is 370 Å². The Labute approximate surface area is 597 Å². The van der Waals surface area contributed by atoms with Crippen molar-refractivity contribution >= 4 is 11.9 Å². The summed E-state index contributed by atoms with van der Waals surface area (Å²) >= 11 is 0. The number of unbranched alkanes of at least 4 members (excludes halogenated alkanes) is 3. The summed E-state index contributed by atoms with van der Waals surface area (Å²) in [5, 5.41) is 66.0. The topological polar surface area (TPSA) is 285 Å². The molecule has 10 fully saturated rings. The molecule has 22 heteroatoms. The van der Waals surface area contributed by atoms with Crippen molar-refractivity contribution in [2.75, 3.05) is 40.6 Å². The number of ether oxygens (including phenoxy) is 14. The second-order valence-corrected chi connectivity index (χ2v) is 34.7. The molecule has 10 saturated heterocycles. The lowest BCUT2D eigenvalue weighted by molar-refractivity contribution is -0.336. The third kappa shape index (κ3) is 15.8. The molecular weight excluding hydrogens is 1290 g/mol. The molecule has 0 aromatic rings. The summed E-state index contributed by atoms with van der Waals surface area (Å²) in [6.45, 7) is 32.2. The zero-order valence-electron chi connectivity index (χ0n) is 64.2. The van der Waals surface area contributed by atoms with Gasteiger partial charge in [0, 0.05) is 75.4 Å². The van der Waals surface area contributed by atoms with Crippen LogP contribution in [0.3, 0.4) is 0 Å². The Hall–Kier alpha value is -1.78. The minimum Gasteiger partial charge on any atom is -0.465 e. The van der Waals surface area contributed by atoms with Gasteiger partial charge in [-0.15, -0.1) is 0 Å². The van der Waals surface area contributed by atoms with E-state index in [0.717, 1.165) is 77.0 Å². The molecule has 0 amide bonds. The molecule has 10 aliphatic heterocycles. The number of aliphatic hydroxyl groups is 6. The fraction of sp³-hybridized carbons (Fsp3) is 0.974. The van der Waals surface area contributed by atoms with E-state index < -0.39 is 107 Å². The molecule has 0 unspecified atom stereocenters. The summed E-state index contributed by atoms with van der Waals surface area (Å²) in [6, 6.07) is 0. The van der Waals surface area contributed by atoms with Gasteiger partial charge in [-0.1, -0.05) is 83.1 Å². The van der Waals surface area contributed by atoms with Gasteiger partial charge in [-0.3, -0.25) is 9.59 Å². The number of carbonyl (C=O) groups is 2. The van der Waals surface area contributed by atoms with Gasteiger partial charge in [0.25, 0.3) is 0 Å². The molecule has 34 atom stereocenters. The average Bonchev–Trinajstić information content (AvgIpc) is 1.57. The van der Waals surface area contributed by atoms with Crippen molar-refractivity contribution in [1.82, 2.24) is 0 Å². The molecule has 0 bridgehead atoms. The van der Waals surface area contributed by atoms with E-state index in [4.69, 9.17) is 66.3 Å². The Morgan fingerprint density at radius 2 is 0.870 bits per heavy atom. The van der Waals surface area contributed by atoms with Gasteiger partial charge in [-0.25, -0.2) is 0 Å². The Kier molecular flexibility index (Phi) is 25.7. The molecule has 2 spiro atoms. The lowest BCUT2D eigenvalue weighted by Crippen LogP contribution is -2.57. The van der Waals surface area contributed by atoms with Crippen molar-refractivity contribution in [2.24, 2.45) is 71.0 Å². The minimum absolute atomic E-state index is 0.145. The first kappa shape index (κ1) is 80.8. The summed E-state index contributed by atoms with van der Waals surface area (Å²) in [5.41, 5.74) is -2.51. The molecule has 22 nitrogen and oxygen atoms in total. The van der Waals surface area contributed by atoms with Gasteiger partial charge in [0.1, 0.15) is 0 Å². The van der Waals surface area contributed by atoms with E-state index in [1.165, 1.54) is 0 Å². The normalized spacial score (nSPS) is 48.7. The van der Waals surface area contributed by atoms with Crippen LogP contribution in [-0.4, -0.2) is 214 Å². The molecule has 10 rings (SSSR count). The fourth-order valence-electron chi connectivity index (χ4n) is 21.0. The largest absolute Gasteiger partial charge is 0.465 e. The highest BCUT2D eigenvalue weighted by molar-refractivity contribution is 5.73. The number of esters is 2. The van der Waals surface area contributed by atoms with Gasteiger partial charge >= 0.3 is 11.9 Å². The SMILES string of the molecule is CC[C@@]1([C@@H]2O[C@@H]([C@H]3O[C@@](O)(CO)[C@H](C)C[C@@H]3C)C[C@@H]2C)CC[C@H]([C@]2(C)CC[C@]3(C[C@H](O)[C@@H](C)[C@@H]([C@@H](C)[C@@H](OC)[C@H](C)C(=O)OCCCCCCOC(=O)[C@@H](C)[C@H](OC)[C@H](C)[C@H]4O[C@@]5(CC[C@@](C)([C@H]6CC[C@@](CC)([C@@H]7O[C@@H]([C@H]8O[C@@](O)(CO)[C@H](C)C[C@@H]8C)C[C@@H]7C)O6)O5)C[C@H](O)[C@H]4C)O3)O2)O1. The molecule has 100 heavy (non-hydrogen) atoms. The maximum atomic E-state index is 13.8. The second-order valence-electron chi connectivity index (χ2n) is 34.7. The monoisotopic (exact) mass is 1420 g/mol. The van der Waals surface area contributed by atoms with E-state index in [9.17, 15) is 40.2 Å². The molecule has 0 saturated carbocycles. The number of hydrogen-bond donors (Lipinski definition) is 6. The van der Waals surface area contributed by atoms with E-state index in [1.54, 1.807) is 14.2 Å². The summed E-state index contributed by atoms with van der Waals surface area (Å²) in [4.78, 5) is 27.5. The number of carbonyl (C=O) groups excluding carboxylic acids is 2. The van der Waals surface area contributed by atoms with Gasteiger partial charge in [0.15, 0.2) is 23.1 Å². The lowest BCUT2D eigenvalue weighted by atomic mass is 9.78. The van der Waals surface area contributed by atoms with E-state index in [0.29, 0.717) is 51.4 Å². The lowest BCUT2D eigenvalue weighted by Gasteiger charge is -2.49. The van der Waals surface area contributed by atoms with Crippen LogP contribution in [0.5, 0.6) is 0 Å². The second kappa shape index (κ2) is 31.8. The Balaban J connectivity index is 0.646. The quantitative estimate of drug-likeness (QED) is 0.0329. The first-order valence-electron chi connectivity index (χ1n) is 39.3. The summed E-state index contributed by atoms with van der Waals surface area (Å²) in [7, 11) is 3.19. The van der Waals surface area contributed by atoms with Gasteiger partial charge in [0.05, 0.1) is 146 Å². The fourth-order valence-corrected chi connectivity index (χ4v) is 21.0. The molecule has 578 valence electrons. The Bertz CT molecular complexity index is 2520. The zero-order valence-corrected chi connectivity index (χ0v) is 64.2. The zero-order chi connectivity index (χ0) is 73.0. The third-order valence-electron chi connectivity index (χ3n) is 27.6. The van der Waals surface area contributed by atoms with Gasteiger partial charge in [0.2, 0.25) is 0 Å². The van der Waals surface area contributed by atoms with E-state index in [2.05, 4.69) is 55.4 Å². The van der Waals surface area contributed by atoms with Crippen LogP contribution in [0.2, 0.25) is 0 Å². The van der Waals surface area contributed by atoms with Crippen LogP contribution in [0, 0.1) is 71.0 Å². The van der Waals surface area contributed by atoms with Crippen molar-refractivity contribution in [3.63, 3.8) is 0 Å². The number of methoxy groups -OCH3 is 2. The van der Waals surface area contributed by atoms with Crippen LogP contribution < -0.4 is 0 Å². The van der Waals surface area contributed by atoms with Crippen LogP contribution >= 0.6 is 0 Å². The first-order chi connectivity index (χ1) is 47.1. The van der Waals surface area contributed by atoms with Gasteiger partial charge in [-0.05, 0) is 154 Å². The van der Waals surface area contributed by atoms with Crippen molar-refractivity contribution in [3.8, 4) is 0 Å². The van der Waals surface area contributed by atoms with E-state index >= 15 is 0 Å². The van der Waals surface area contributed by atoms with Crippen LogP contribution in [0.1, 0.15) is 239 Å². The van der Waals surface area contributed by atoms with Crippen LogP contribution in [0.4, 0.5) is 0 Å². The standard InChI is InChI=1S/C78H134O22/c1-19-73(67-45(5)37-57(91-67)61-43(3)35-47(7)77(85,41-79)97-61)27-25-59(93-73)71(15)29-31-75(99-71)39-55(81)49(9)65(95-75)51(11)63(87-17)53(13)69(83)89-33-23-21-22-24-34-90-70(84)54(14)64(88-18)52(12)66-50(10)56(82)40-76(96-66)32-30-72(16,100-76)60-26-28-74(20-2,94-60)68-46(6)38-58(92-68)62-44(4)36-48(8)78(86,42-80)98-62/h43-68,79-82,85-86H,19-42H2,1-18H3/t43-,44-,45-,46-,47+,48+,49+,50+,51-,52-,53-,54-,55-,56-,57+,58+,59+,60+,61-,62-,63+,64+,65-,66-,67+,68+,71-,72-,73-,74-,75+,76+,77-,78-/m0/s1. The summed E-state index contributed by atoms with van der Waals surface area (Å²) in [5.74, 6) is -8.28. The van der Waals surface area contributed by atoms with Crippen LogP contribution in [0.25, 0.3) is 0 Å². The molecule has 0 aliphatic carbocycles. The minimum atomic E-state index is -1.60. The molecular formula is C78H134O22. The maximum Gasteiger partial charge on any atom is 0.311 e. The van der Waals surface area contributed by atoms with Crippen molar-refractivity contribution < 1.29 is 107 Å². The number of hydrogen-bond acceptors (Lipinski definition) is 22. The average molecular weight is 1420 g/mol. The summed E-state index contributed by atoms with van der Waals surface area (Å²) in [6.07, 6.45) is 7.80. The number of rotatable bonds is 27. The molecule has 0 radical (unpaired) electrons. The van der Waals surface area contributed by atoms with Crippen LogP contribution in [-0.2, 0) is 75.9 Å². The molecule has 0 aromatic heterocycles. The first-order valence-corrected chi connectivity index (χ1v) is 39.3. The smallest absolute Gasteiger partial charge is 0.311 e. The molecule has 0 aromatic carbocycles. The maximum absolute atomic E-state index is 13.8. The van der Waals surface area contributed by atoms with Crippen molar-refractivity contribution in [3.05, 3.63) is 0 Å². The highest BCUT2D eigenvalue weighted by Gasteiger charge is 2.65.